The quantitative estimate of drug-likeness (QED) is 0.742. The average molecular weight is 225 g/mol. The summed E-state index contributed by atoms with van der Waals surface area (Å²) in [6, 6.07) is 0. The molecule has 0 unspecified atom stereocenters. The van der Waals surface area contributed by atoms with Crippen LogP contribution in [0.15, 0.2) is 0 Å². The molecule has 0 amide bonds. The Hall–Kier alpha value is -0.410. The molecule has 0 atom stereocenters. The number of hydrogen-bond donors (Lipinski definition) is 1. The molecule has 1 N–H and O–H groups in total. The van der Waals surface area contributed by atoms with Gasteiger partial charge >= 0.3 is 0 Å². The summed E-state index contributed by atoms with van der Waals surface area (Å²) in [4.78, 5) is 13.6. The molecule has 3 nitrogen and oxygen atoms in total. The van der Waals surface area contributed by atoms with Crippen LogP contribution in [0.4, 0.5) is 0 Å². The lowest BCUT2D eigenvalue weighted by Gasteiger charge is -2.39. The Morgan fingerprint density at radius 1 is 1.19 bits per heavy atom. The van der Waals surface area contributed by atoms with Gasteiger partial charge in [0.25, 0.3) is 0 Å². The van der Waals surface area contributed by atoms with Crippen LogP contribution in [0.25, 0.3) is 0 Å². The molecule has 0 bridgehead atoms. The monoisotopic (exact) mass is 225 g/mol. The van der Waals surface area contributed by atoms with E-state index in [1.54, 1.807) is 0 Å². The van der Waals surface area contributed by atoms with E-state index in [1.165, 1.54) is 19.1 Å². The summed E-state index contributed by atoms with van der Waals surface area (Å²) in [6.45, 7) is 4.69. The fraction of sp³-hybridized carbons (Fsp3) is 0.923. The number of carbonyl (C=O) groups excluding carboxylic acids is 1. The van der Waals surface area contributed by atoms with Crippen molar-refractivity contribution >= 4 is 6.29 Å². The zero-order chi connectivity index (χ0) is 11.6. The van der Waals surface area contributed by atoms with Crippen molar-refractivity contribution in [2.75, 3.05) is 19.6 Å². The Bertz CT molecular complexity index is 247. The lowest BCUT2D eigenvalue weighted by molar-refractivity contribution is -0.117. The Morgan fingerprint density at radius 3 is 2.25 bits per heavy atom. The van der Waals surface area contributed by atoms with Crippen molar-refractivity contribution in [2.45, 2.75) is 51.0 Å². The molecule has 1 aliphatic heterocycles. The van der Waals surface area contributed by atoms with Crippen molar-refractivity contribution in [2.24, 2.45) is 5.41 Å². The second-order valence-electron chi connectivity index (χ2n) is 5.96. The zero-order valence-corrected chi connectivity index (χ0v) is 10.2. The van der Waals surface area contributed by atoms with Crippen LogP contribution in [0.5, 0.6) is 0 Å². The molecule has 2 rings (SSSR count). The standard InChI is InChI=1S/C13H23NO2/c1-12(16)6-8-14(9-7-12)10-13(11-15)4-2-3-5-13/h11,16H,2-10H2,1H3. The van der Waals surface area contributed by atoms with Crippen molar-refractivity contribution < 1.29 is 9.90 Å². The molecule has 0 spiro atoms. The van der Waals surface area contributed by atoms with E-state index >= 15 is 0 Å². The number of aliphatic hydroxyl groups is 1. The third-order valence-electron chi connectivity index (χ3n) is 4.32. The Balaban J connectivity index is 1.88. The molecule has 1 aliphatic carbocycles. The van der Waals surface area contributed by atoms with E-state index in [1.807, 2.05) is 6.92 Å². The van der Waals surface area contributed by atoms with Gasteiger partial charge in [-0.05, 0) is 32.6 Å². The maximum absolute atomic E-state index is 11.3. The van der Waals surface area contributed by atoms with Crippen LogP contribution in [-0.4, -0.2) is 41.5 Å². The van der Waals surface area contributed by atoms with Crippen molar-refractivity contribution in [3.8, 4) is 0 Å². The van der Waals surface area contributed by atoms with Gasteiger partial charge in [-0.2, -0.15) is 0 Å². The highest BCUT2D eigenvalue weighted by atomic mass is 16.3. The summed E-state index contributed by atoms with van der Waals surface area (Å²) in [5, 5.41) is 9.88. The number of rotatable bonds is 3. The maximum Gasteiger partial charge on any atom is 0.127 e. The van der Waals surface area contributed by atoms with Crippen LogP contribution in [0.2, 0.25) is 0 Å². The van der Waals surface area contributed by atoms with Gasteiger partial charge in [-0.15, -0.1) is 0 Å². The van der Waals surface area contributed by atoms with Gasteiger partial charge in [0.1, 0.15) is 6.29 Å². The molecule has 92 valence electrons. The molecule has 0 radical (unpaired) electrons. The van der Waals surface area contributed by atoms with E-state index in [0.717, 1.165) is 45.3 Å². The number of piperidine rings is 1. The van der Waals surface area contributed by atoms with Crippen LogP contribution >= 0.6 is 0 Å². The fourth-order valence-corrected chi connectivity index (χ4v) is 3.03. The molecule has 1 saturated heterocycles. The predicted octanol–water partition coefficient (Wildman–Crippen LogP) is 1.59. The highest BCUT2D eigenvalue weighted by molar-refractivity contribution is 5.60. The minimum absolute atomic E-state index is 0.0663. The zero-order valence-electron chi connectivity index (χ0n) is 10.2. The van der Waals surface area contributed by atoms with Crippen LogP contribution < -0.4 is 0 Å². The molecule has 16 heavy (non-hydrogen) atoms. The molecule has 2 fully saturated rings. The Morgan fingerprint density at radius 2 is 1.75 bits per heavy atom. The van der Waals surface area contributed by atoms with Gasteiger partial charge in [0.05, 0.1) is 5.60 Å². The number of nitrogens with zero attached hydrogens (tertiary/aromatic N) is 1. The third kappa shape index (κ3) is 2.64. The predicted molar refractivity (Wildman–Crippen MR) is 63.3 cm³/mol. The molecular formula is C13H23NO2. The van der Waals surface area contributed by atoms with Crippen LogP contribution in [0, 0.1) is 5.41 Å². The first kappa shape index (κ1) is 12.1. The SMILES string of the molecule is CC1(O)CCN(CC2(C=O)CCCC2)CC1. The van der Waals surface area contributed by atoms with Crippen molar-refractivity contribution in [1.29, 1.82) is 0 Å². The highest BCUT2D eigenvalue weighted by Crippen LogP contribution is 2.37. The van der Waals surface area contributed by atoms with E-state index in [0.29, 0.717) is 0 Å². The van der Waals surface area contributed by atoms with Crippen LogP contribution in [-0.2, 0) is 4.79 Å². The second kappa shape index (κ2) is 4.46. The summed E-state index contributed by atoms with van der Waals surface area (Å²) >= 11 is 0. The van der Waals surface area contributed by atoms with E-state index in [2.05, 4.69) is 4.90 Å². The maximum atomic E-state index is 11.3. The molecule has 0 aromatic rings. The summed E-state index contributed by atoms with van der Waals surface area (Å²) in [6.07, 6.45) is 7.37. The van der Waals surface area contributed by atoms with Gasteiger partial charge in [0.2, 0.25) is 0 Å². The lowest BCUT2D eigenvalue weighted by atomic mass is 9.85. The first-order valence-electron chi connectivity index (χ1n) is 6.46. The smallest absolute Gasteiger partial charge is 0.127 e. The average Bonchev–Trinajstić information content (AvgIpc) is 2.71. The fourth-order valence-electron chi connectivity index (χ4n) is 3.03. The van der Waals surface area contributed by atoms with Gasteiger partial charge in [-0.1, -0.05) is 12.8 Å². The highest BCUT2D eigenvalue weighted by Gasteiger charge is 2.37. The van der Waals surface area contributed by atoms with Crippen LogP contribution in [0.1, 0.15) is 45.4 Å². The molecule has 0 aromatic carbocycles. The van der Waals surface area contributed by atoms with Crippen LogP contribution in [0.3, 0.4) is 0 Å². The minimum Gasteiger partial charge on any atom is -0.390 e. The van der Waals surface area contributed by atoms with E-state index in [-0.39, 0.29) is 5.41 Å². The molecular weight excluding hydrogens is 202 g/mol. The molecule has 1 heterocycles. The summed E-state index contributed by atoms with van der Waals surface area (Å²) in [5.41, 5.74) is -0.552. The van der Waals surface area contributed by atoms with Gasteiger partial charge in [-0.3, -0.25) is 0 Å². The van der Waals surface area contributed by atoms with Crippen molar-refractivity contribution in [1.82, 2.24) is 4.90 Å². The third-order valence-corrected chi connectivity index (χ3v) is 4.32. The Labute approximate surface area is 97.8 Å². The van der Waals surface area contributed by atoms with Gasteiger partial charge in [-0.25, -0.2) is 0 Å². The molecule has 3 heteroatoms. The Kier molecular flexibility index (Phi) is 3.36. The first-order chi connectivity index (χ1) is 7.55. The van der Waals surface area contributed by atoms with E-state index in [9.17, 15) is 9.90 Å². The molecule has 0 aromatic heterocycles. The van der Waals surface area contributed by atoms with Crippen molar-refractivity contribution in [3.63, 3.8) is 0 Å². The van der Waals surface area contributed by atoms with Gasteiger partial charge in [0, 0.05) is 25.0 Å². The topological polar surface area (TPSA) is 40.5 Å². The summed E-state index contributed by atoms with van der Waals surface area (Å²) in [5.74, 6) is 0. The van der Waals surface area contributed by atoms with E-state index < -0.39 is 5.60 Å². The minimum atomic E-state index is -0.486. The summed E-state index contributed by atoms with van der Waals surface area (Å²) < 4.78 is 0. The van der Waals surface area contributed by atoms with Gasteiger partial charge in [0.15, 0.2) is 0 Å². The number of aldehydes is 1. The van der Waals surface area contributed by atoms with Crippen molar-refractivity contribution in [3.05, 3.63) is 0 Å². The van der Waals surface area contributed by atoms with Gasteiger partial charge < -0.3 is 14.8 Å². The first-order valence-corrected chi connectivity index (χ1v) is 6.46. The normalized spacial score (nSPS) is 29.1. The van der Waals surface area contributed by atoms with E-state index in [4.69, 9.17) is 0 Å². The largest absolute Gasteiger partial charge is 0.390 e. The number of carbonyl (C=O) groups is 1. The molecule has 2 aliphatic rings. The number of likely N-dealkylation sites (tertiary alicyclic amines) is 1. The molecule has 1 saturated carbocycles. The summed E-state index contributed by atoms with van der Waals surface area (Å²) in [7, 11) is 0. The lowest BCUT2D eigenvalue weighted by Crippen LogP contribution is -2.46. The second-order valence-corrected chi connectivity index (χ2v) is 5.96. The number of hydrogen-bond acceptors (Lipinski definition) is 3.